The third-order valence-corrected chi connectivity index (χ3v) is 4.09. The fraction of sp³-hybridized carbons (Fsp3) is 0.562. The number of hydrogen-bond donors (Lipinski definition) is 1. The number of carboxylic acids is 1. The van der Waals surface area contributed by atoms with E-state index in [1.165, 1.54) is 6.07 Å². The highest BCUT2D eigenvalue weighted by atomic mass is 19.3. The maximum Gasteiger partial charge on any atom is 0.387 e. The normalized spacial score (nSPS) is 16.9. The molecule has 0 atom stereocenters. The van der Waals surface area contributed by atoms with Crippen molar-refractivity contribution in [3.05, 3.63) is 29.8 Å². The van der Waals surface area contributed by atoms with Gasteiger partial charge in [-0.15, -0.1) is 0 Å². The van der Waals surface area contributed by atoms with Gasteiger partial charge >= 0.3 is 12.6 Å². The summed E-state index contributed by atoms with van der Waals surface area (Å²) < 4.78 is 28.9. The zero-order valence-corrected chi connectivity index (χ0v) is 13.1. The molecule has 7 heteroatoms. The topological polar surface area (TPSA) is 53.0 Å². The molecule has 1 aliphatic rings. The van der Waals surface area contributed by atoms with Crippen molar-refractivity contribution in [1.82, 2.24) is 9.80 Å². The first kappa shape index (κ1) is 17.6. The second-order valence-corrected chi connectivity index (χ2v) is 5.84. The minimum absolute atomic E-state index is 0.0533. The van der Waals surface area contributed by atoms with Crippen LogP contribution < -0.4 is 4.74 Å². The molecular formula is C16H22F2N2O3. The molecule has 0 spiro atoms. The van der Waals surface area contributed by atoms with Gasteiger partial charge in [-0.1, -0.05) is 12.1 Å². The molecule has 23 heavy (non-hydrogen) atoms. The molecule has 0 unspecified atom stereocenters. The van der Waals surface area contributed by atoms with Crippen molar-refractivity contribution >= 4 is 5.97 Å². The van der Waals surface area contributed by atoms with Crippen molar-refractivity contribution in [2.75, 3.05) is 26.7 Å². The molecule has 2 rings (SSSR count). The summed E-state index contributed by atoms with van der Waals surface area (Å²) in [5, 5.41) is 8.83. The Kier molecular flexibility index (Phi) is 6.29. The predicted molar refractivity (Wildman–Crippen MR) is 81.6 cm³/mol. The number of carboxylic acid groups (broad SMARTS) is 1. The molecule has 1 N–H and O–H groups in total. The van der Waals surface area contributed by atoms with Crippen LogP contribution in [0.2, 0.25) is 0 Å². The summed E-state index contributed by atoms with van der Waals surface area (Å²) in [4.78, 5) is 14.9. The number of hydrogen-bond acceptors (Lipinski definition) is 4. The van der Waals surface area contributed by atoms with E-state index >= 15 is 0 Å². The number of likely N-dealkylation sites (N-methyl/N-ethyl adjacent to an activating group) is 1. The molecule has 128 valence electrons. The van der Waals surface area contributed by atoms with E-state index in [0.29, 0.717) is 6.54 Å². The number of alkyl halides is 2. The van der Waals surface area contributed by atoms with E-state index in [-0.39, 0.29) is 18.3 Å². The van der Waals surface area contributed by atoms with E-state index in [1.54, 1.807) is 12.1 Å². The van der Waals surface area contributed by atoms with E-state index in [9.17, 15) is 13.6 Å². The van der Waals surface area contributed by atoms with Crippen LogP contribution in [0.15, 0.2) is 24.3 Å². The lowest BCUT2D eigenvalue weighted by Gasteiger charge is -2.36. The number of aliphatic carboxylic acids is 1. The van der Waals surface area contributed by atoms with Crippen LogP contribution in [0.25, 0.3) is 0 Å². The maximum absolute atomic E-state index is 12.2. The molecule has 0 aromatic heterocycles. The average Bonchev–Trinajstić information content (AvgIpc) is 2.47. The molecule has 1 aromatic carbocycles. The highest BCUT2D eigenvalue weighted by Crippen LogP contribution is 2.20. The Morgan fingerprint density at radius 1 is 1.43 bits per heavy atom. The Bertz CT molecular complexity index is 520. The summed E-state index contributed by atoms with van der Waals surface area (Å²) in [7, 11) is 1.83. The maximum atomic E-state index is 12.2. The molecule has 1 saturated heterocycles. The Balaban J connectivity index is 1.83. The highest BCUT2D eigenvalue weighted by Gasteiger charge is 2.23. The summed E-state index contributed by atoms with van der Waals surface area (Å²) in [5.41, 5.74) is 0.931. The lowest BCUT2D eigenvalue weighted by Crippen LogP contribution is -2.44. The Labute approximate surface area is 134 Å². The molecule has 0 bridgehead atoms. The Hall–Kier alpha value is -1.73. The first-order valence-electron chi connectivity index (χ1n) is 7.62. The van der Waals surface area contributed by atoms with Crippen molar-refractivity contribution in [2.45, 2.75) is 32.0 Å². The Morgan fingerprint density at radius 2 is 2.13 bits per heavy atom. The number of piperidine rings is 1. The molecule has 1 aliphatic heterocycles. The van der Waals surface area contributed by atoms with Crippen LogP contribution in [-0.2, 0) is 11.3 Å². The van der Waals surface area contributed by atoms with E-state index in [1.807, 2.05) is 18.0 Å². The van der Waals surface area contributed by atoms with Crippen molar-refractivity contribution in [3.8, 4) is 5.75 Å². The van der Waals surface area contributed by atoms with Crippen LogP contribution in [0, 0.1) is 0 Å². The first-order valence-corrected chi connectivity index (χ1v) is 7.62. The van der Waals surface area contributed by atoms with Gasteiger partial charge in [-0.25, -0.2) is 0 Å². The van der Waals surface area contributed by atoms with Gasteiger partial charge in [0.15, 0.2) is 0 Å². The van der Waals surface area contributed by atoms with Crippen LogP contribution in [0.5, 0.6) is 5.75 Å². The fourth-order valence-electron chi connectivity index (χ4n) is 2.94. The molecule has 0 aliphatic carbocycles. The number of likely N-dealkylation sites (tertiary alicyclic amines) is 1. The number of nitrogens with zero attached hydrogens (tertiary/aromatic N) is 2. The van der Waals surface area contributed by atoms with E-state index in [0.717, 1.165) is 31.5 Å². The lowest BCUT2D eigenvalue weighted by molar-refractivity contribution is -0.138. The molecule has 5 nitrogen and oxygen atoms in total. The van der Waals surface area contributed by atoms with Gasteiger partial charge in [-0.2, -0.15) is 8.78 Å². The summed E-state index contributed by atoms with van der Waals surface area (Å²) in [5.74, 6) is -0.639. The molecule has 0 radical (unpaired) electrons. The number of ether oxygens (including phenoxy) is 1. The van der Waals surface area contributed by atoms with Gasteiger partial charge in [0.05, 0.1) is 6.54 Å². The van der Waals surface area contributed by atoms with Gasteiger partial charge < -0.3 is 9.84 Å². The average molecular weight is 328 g/mol. The molecular weight excluding hydrogens is 306 g/mol. The largest absolute Gasteiger partial charge is 0.480 e. The van der Waals surface area contributed by atoms with E-state index in [4.69, 9.17) is 5.11 Å². The summed E-state index contributed by atoms with van der Waals surface area (Å²) in [6.45, 7) is -0.373. The van der Waals surface area contributed by atoms with E-state index in [2.05, 4.69) is 9.64 Å². The van der Waals surface area contributed by atoms with Crippen LogP contribution >= 0.6 is 0 Å². The molecule has 0 amide bonds. The highest BCUT2D eigenvalue weighted by molar-refractivity contribution is 5.69. The smallest absolute Gasteiger partial charge is 0.387 e. The van der Waals surface area contributed by atoms with E-state index < -0.39 is 12.6 Å². The molecule has 1 aromatic rings. The van der Waals surface area contributed by atoms with Gasteiger partial charge in [0.1, 0.15) is 5.75 Å². The van der Waals surface area contributed by atoms with Crippen molar-refractivity contribution in [2.24, 2.45) is 0 Å². The van der Waals surface area contributed by atoms with Crippen LogP contribution in [-0.4, -0.2) is 60.2 Å². The number of halogens is 2. The number of carbonyl (C=O) groups is 1. The monoisotopic (exact) mass is 328 g/mol. The summed E-state index contributed by atoms with van der Waals surface area (Å²) >= 11 is 0. The third-order valence-electron chi connectivity index (χ3n) is 4.09. The second-order valence-electron chi connectivity index (χ2n) is 5.84. The van der Waals surface area contributed by atoms with Crippen LogP contribution in [0.1, 0.15) is 18.4 Å². The standard InChI is InChI=1S/C16H22F2N2O3/c1-19(11-15(21)22)13-5-7-20(8-6-13)10-12-3-2-4-14(9-12)23-16(17)18/h2-4,9,13,16H,5-8,10-11H2,1H3,(H,21,22). The van der Waals surface area contributed by atoms with Gasteiger partial charge in [0, 0.05) is 12.6 Å². The van der Waals surface area contributed by atoms with Gasteiger partial charge in [0.25, 0.3) is 0 Å². The number of benzene rings is 1. The third kappa shape index (κ3) is 5.76. The predicted octanol–water partition coefficient (Wildman–Crippen LogP) is 2.27. The quantitative estimate of drug-likeness (QED) is 0.832. The van der Waals surface area contributed by atoms with Crippen LogP contribution in [0.4, 0.5) is 8.78 Å². The second kappa shape index (κ2) is 8.21. The lowest BCUT2D eigenvalue weighted by atomic mass is 10.0. The van der Waals surface area contributed by atoms with Crippen LogP contribution in [0.3, 0.4) is 0 Å². The van der Waals surface area contributed by atoms with Gasteiger partial charge in [-0.05, 0) is 50.7 Å². The minimum atomic E-state index is -2.81. The summed E-state index contributed by atoms with van der Waals surface area (Å²) in [6.07, 6.45) is 1.80. The minimum Gasteiger partial charge on any atom is -0.480 e. The molecule has 0 saturated carbocycles. The zero-order valence-electron chi connectivity index (χ0n) is 13.1. The molecule has 1 fully saturated rings. The Morgan fingerprint density at radius 3 is 2.74 bits per heavy atom. The summed E-state index contributed by atoms with van der Waals surface area (Å²) in [6, 6.07) is 7.02. The first-order chi connectivity index (χ1) is 10.9. The van der Waals surface area contributed by atoms with Crippen molar-refractivity contribution in [3.63, 3.8) is 0 Å². The van der Waals surface area contributed by atoms with Gasteiger partial charge in [0.2, 0.25) is 0 Å². The van der Waals surface area contributed by atoms with Gasteiger partial charge in [-0.3, -0.25) is 14.6 Å². The zero-order chi connectivity index (χ0) is 16.8. The SMILES string of the molecule is CN(CC(=O)O)C1CCN(Cc2cccc(OC(F)F)c2)CC1. The fourth-order valence-corrected chi connectivity index (χ4v) is 2.94. The number of rotatable bonds is 7. The molecule has 1 heterocycles. The van der Waals surface area contributed by atoms with Crippen molar-refractivity contribution in [1.29, 1.82) is 0 Å². The van der Waals surface area contributed by atoms with Crippen molar-refractivity contribution < 1.29 is 23.4 Å².